The van der Waals surface area contributed by atoms with Crippen LogP contribution in [0.25, 0.3) is 0 Å². The Bertz CT molecular complexity index is 905. The first-order valence-corrected chi connectivity index (χ1v) is 26.9. The molecule has 0 rings (SSSR count). The fourth-order valence-corrected chi connectivity index (χ4v) is 8.19. The Balaban J connectivity index is 4.21. The number of unbranched alkanes of at least 4 members (excludes halogenated alkanes) is 35. The molecule has 0 amide bonds. The summed E-state index contributed by atoms with van der Waals surface area (Å²) in [5, 5.41) is 0. The Kier molecular flexibility index (Phi) is 47.2. The van der Waals surface area contributed by atoms with Gasteiger partial charge in [0.2, 0.25) is 0 Å². The monoisotopic (exact) mass is 849 g/mol. The topological polar surface area (TPSA) is 78.9 Å². The maximum Gasteiger partial charge on any atom is 0.306 e. The van der Waals surface area contributed by atoms with Crippen LogP contribution in [-0.4, -0.2) is 37.2 Å². The highest BCUT2D eigenvalue weighted by Crippen LogP contribution is 2.18. The summed E-state index contributed by atoms with van der Waals surface area (Å²) in [6.07, 6.45) is 50.8. The van der Waals surface area contributed by atoms with Crippen LogP contribution in [0, 0.1) is 5.92 Å². The fraction of sp³-hybridized carbons (Fsp3) is 0.944. The smallest absolute Gasteiger partial charge is 0.306 e. The van der Waals surface area contributed by atoms with Gasteiger partial charge in [0.25, 0.3) is 0 Å². The first-order valence-electron chi connectivity index (χ1n) is 26.9. The van der Waals surface area contributed by atoms with Crippen LogP contribution >= 0.6 is 0 Å². The van der Waals surface area contributed by atoms with Gasteiger partial charge in [-0.25, -0.2) is 0 Å². The molecule has 2 atom stereocenters. The quantitative estimate of drug-likeness (QED) is 0.0345. The van der Waals surface area contributed by atoms with Crippen LogP contribution in [0.4, 0.5) is 0 Å². The van der Waals surface area contributed by atoms with E-state index in [1.54, 1.807) is 0 Å². The van der Waals surface area contributed by atoms with Crippen molar-refractivity contribution < 1.29 is 28.6 Å². The molecule has 0 aliphatic carbocycles. The van der Waals surface area contributed by atoms with Crippen LogP contribution in [-0.2, 0) is 28.6 Å². The molecule has 0 aliphatic rings. The van der Waals surface area contributed by atoms with E-state index in [9.17, 15) is 14.4 Å². The summed E-state index contributed by atoms with van der Waals surface area (Å²) >= 11 is 0. The van der Waals surface area contributed by atoms with Crippen molar-refractivity contribution >= 4 is 17.9 Å². The minimum atomic E-state index is -0.760. The van der Waals surface area contributed by atoms with Crippen molar-refractivity contribution in [1.82, 2.24) is 0 Å². The van der Waals surface area contributed by atoms with Gasteiger partial charge in [-0.3, -0.25) is 14.4 Å². The van der Waals surface area contributed by atoms with Crippen LogP contribution in [0.3, 0.4) is 0 Å². The fourth-order valence-electron chi connectivity index (χ4n) is 8.19. The van der Waals surface area contributed by atoms with Crippen LogP contribution in [0.1, 0.15) is 304 Å². The van der Waals surface area contributed by atoms with Gasteiger partial charge < -0.3 is 14.2 Å². The SMILES string of the molecule is CCCCCCCCCCCCCCCCCC(=O)OC[C@@H](COC(=O)CCCCCCCCCCCCCCCCC(C)CC)OC(=O)CCCCCCCCCCC. The maximum absolute atomic E-state index is 12.7. The number of esters is 3. The van der Waals surface area contributed by atoms with E-state index >= 15 is 0 Å². The predicted molar refractivity (Wildman–Crippen MR) is 257 cm³/mol. The molecule has 0 spiro atoms. The van der Waals surface area contributed by atoms with E-state index in [-0.39, 0.29) is 31.1 Å². The molecule has 0 radical (unpaired) electrons. The zero-order valence-corrected chi connectivity index (χ0v) is 40.9. The van der Waals surface area contributed by atoms with E-state index in [0.29, 0.717) is 19.3 Å². The average molecular weight is 849 g/mol. The molecular formula is C54H104O6. The lowest BCUT2D eigenvalue weighted by Crippen LogP contribution is -2.30. The molecule has 0 aromatic rings. The second-order valence-corrected chi connectivity index (χ2v) is 18.8. The van der Waals surface area contributed by atoms with Gasteiger partial charge in [0.05, 0.1) is 0 Å². The highest BCUT2D eigenvalue weighted by atomic mass is 16.6. The van der Waals surface area contributed by atoms with Gasteiger partial charge in [0.15, 0.2) is 6.10 Å². The zero-order chi connectivity index (χ0) is 43.8. The molecule has 0 aromatic carbocycles. The van der Waals surface area contributed by atoms with Crippen molar-refractivity contribution in [2.45, 2.75) is 310 Å². The summed E-state index contributed by atoms with van der Waals surface area (Å²) in [7, 11) is 0. The molecule has 1 unspecified atom stereocenters. The number of hydrogen-bond donors (Lipinski definition) is 0. The third kappa shape index (κ3) is 45.9. The van der Waals surface area contributed by atoms with Crippen molar-refractivity contribution in [3.63, 3.8) is 0 Å². The van der Waals surface area contributed by atoms with Crippen LogP contribution in [0.2, 0.25) is 0 Å². The number of rotatable bonds is 49. The van der Waals surface area contributed by atoms with Crippen molar-refractivity contribution in [3.05, 3.63) is 0 Å². The third-order valence-corrected chi connectivity index (χ3v) is 12.7. The second kappa shape index (κ2) is 48.4. The van der Waals surface area contributed by atoms with E-state index in [2.05, 4.69) is 27.7 Å². The minimum absolute atomic E-state index is 0.0626. The van der Waals surface area contributed by atoms with Crippen molar-refractivity contribution in [3.8, 4) is 0 Å². The summed E-state index contributed by atoms with van der Waals surface area (Å²) in [5.41, 5.74) is 0. The highest BCUT2D eigenvalue weighted by Gasteiger charge is 2.19. The van der Waals surface area contributed by atoms with Gasteiger partial charge in [-0.1, -0.05) is 265 Å². The molecular weight excluding hydrogens is 745 g/mol. The van der Waals surface area contributed by atoms with Gasteiger partial charge in [-0.2, -0.15) is 0 Å². The van der Waals surface area contributed by atoms with E-state index in [1.165, 1.54) is 199 Å². The number of carbonyl (C=O) groups is 3. The minimum Gasteiger partial charge on any atom is -0.462 e. The van der Waals surface area contributed by atoms with Gasteiger partial charge >= 0.3 is 17.9 Å². The molecule has 0 aromatic heterocycles. The number of hydrogen-bond acceptors (Lipinski definition) is 6. The van der Waals surface area contributed by atoms with Crippen LogP contribution in [0.5, 0.6) is 0 Å². The molecule has 0 saturated carbocycles. The Hall–Kier alpha value is -1.59. The molecule has 0 N–H and O–H groups in total. The summed E-state index contributed by atoms with van der Waals surface area (Å²) in [5.74, 6) is 0.0517. The Labute approximate surface area is 374 Å². The first-order chi connectivity index (χ1) is 29.4. The molecule has 0 fully saturated rings. The lowest BCUT2D eigenvalue weighted by atomic mass is 9.99. The highest BCUT2D eigenvalue weighted by molar-refractivity contribution is 5.71. The zero-order valence-electron chi connectivity index (χ0n) is 40.9. The van der Waals surface area contributed by atoms with Gasteiger partial charge in [-0.05, 0) is 25.2 Å². The van der Waals surface area contributed by atoms with Gasteiger partial charge in [-0.15, -0.1) is 0 Å². The van der Waals surface area contributed by atoms with Crippen molar-refractivity contribution in [2.24, 2.45) is 5.92 Å². The van der Waals surface area contributed by atoms with Crippen LogP contribution in [0.15, 0.2) is 0 Å². The molecule has 60 heavy (non-hydrogen) atoms. The van der Waals surface area contributed by atoms with E-state index in [4.69, 9.17) is 14.2 Å². The van der Waals surface area contributed by atoms with E-state index < -0.39 is 6.10 Å². The summed E-state index contributed by atoms with van der Waals surface area (Å²) < 4.78 is 16.8. The largest absolute Gasteiger partial charge is 0.462 e. The van der Waals surface area contributed by atoms with Crippen molar-refractivity contribution in [1.29, 1.82) is 0 Å². The molecule has 356 valence electrons. The predicted octanol–water partition coefficient (Wildman–Crippen LogP) is 17.5. The normalized spacial score (nSPS) is 12.4. The van der Waals surface area contributed by atoms with Crippen LogP contribution < -0.4 is 0 Å². The Morgan fingerprint density at radius 2 is 0.583 bits per heavy atom. The third-order valence-electron chi connectivity index (χ3n) is 12.7. The lowest BCUT2D eigenvalue weighted by molar-refractivity contribution is -0.167. The molecule has 6 heteroatoms. The van der Waals surface area contributed by atoms with E-state index in [1.807, 2.05) is 0 Å². The number of carbonyl (C=O) groups excluding carboxylic acids is 3. The summed E-state index contributed by atoms with van der Waals surface area (Å²) in [6, 6.07) is 0. The van der Waals surface area contributed by atoms with Gasteiger partial charge in [0.1, 0.15) is 13.2 Å². The second-order valence-electron chi connectivity index (χ2n) is 18.8. The molecule has 0 aliphatic heterocycles. The standard InChI is InChI=1S/C54H104O6/c1-5-8-10-12-14-16-17-18-19-23-26-30-33-37-41-45-52(55)58-48-51(60-54(57)47-43-39-35-28-15-13-11-9-6-2)49-59-53(56)46-42-38-34-31-27-24-21-20-22-25-29-32-36-40-44-50(4)7-3/h50-51H,5-49H2,1-4H3/t50?,51-/m0/s1. The summed E-state index contributed by atoms with van der Waals surface area (Å²) in [6.45, 7) is 9.06. The lowest BCUT2D eigenvalue weighted by Gasteiger charge is -2.18. The Morgan fingerprint density at radius 3 is 0.867 bits per heavy atom. The first kappa shape index (κ1) is 58.4. The maximum atomic E-state index is 12.7. The molecule has 0 bridgehead atoms. The summed E-state index contributed by atoms with van der Waals surface area (Å²) in [4.78, 5) is 37.9. The molecule has 0 heterocycles. The number of ether oxygens (including phenoxy) is 3. The van der Waals surface area contributed by atoms with Gasteiger partial charge in [0, 0.05) is 19.3 Å². The molecule has 0 saturated heterocycles. The molecule has 6 nitrogen and oxygen atoms in total. The van der Waals surface area contributed by atoms with Crippen molar-refractivity contribution in [2.75, 3.05) is 13.2 Å². The average Bonchev–Trinajstić information content (AvgIpc) is 3.25. The Morgan fingerprint density at radius 1 is 0.333 bits per heavy atom. The van der Waals surface area contributed by atoms with E-state index in [0.717, 1.165) is 63.7 Å².